The summed E-state index contributed by atoms with van der Waals surface area (Å²) in [5.74, 6) is 0.288. The topological polar surface area (TPSA) is 75.6 Å². The van der Waals surface area contributed by atoms with Gasteiger partial charge in [0.2, 0.25) is 5.76 Å². The molecule has 1 unspecified atom stereocenters. The van der Waals surface area contributed by atoms with Crippen LogP contribution < -0.4 is 5.32 Å². The lowest BCUT2D eigenvalue weighted by Gasteiger charge is -2.11. The van der Waals surface area contributed by atoms with Gasteiger partial charge in [-0.05, 0) is 31.5 Å². The summed E-state index contributed by atoms with van der Waals surface area (Å²) in [5, 5.41) is 11.8. The highest BCUT2D eigenvalue weighted by atomic mass is 16.4. The molecule has 18 heavy (non-hydrogen) atoms. The number of hydrogen-bond acceptors (Lipinski definition) is 4. The number of anilines is 1. The third-order valence-corrected chi connectivity index (χ3v) is 2.61. The van der Waals surface area contributed by atoms with Crippen LogP contribution >= 0.6 is 0 Å². The summed E-state index contributed by atoms with van der Waals surface area (Å²) >= 11 is 0. The molecular weight excluding hydrogens is 234 g/mol. The molecule has 0 aromatic carbocycles. The van der Waals surface area contributed by atoms with Crippen molar-refractivity contribution in [2.45, 2.75) is 25.8 Å². The molecule has 2 aromatic heterocycles. The summed E-state index contributed by atoms with van der Waals surface area (Å²) in [6.07, 6.45) is 3.35. The summed E-state index contributed by atoms with van der Waals surface area (Å²) < 4.78 is 10.4. The largest absolute Gasteiger partial charge is 0.475 e. The average molecular weight is 249 g/mol. The van der Waals surface area contributed by atoms with E-state index in [1.165, 1.54) is 6.07 Å². The molecule has 0 aliphatic carbocycles. The van der Waals surface area contributed by atoms with E-state index in [1.807, 2.05) is 19.1 Å². The third kappa shape index (κ3) is 3.16. The Morgan fingerprint density at radius 1 is 1.44 bits per heavy atom. The first-order valence-corrected chi connectivity index (χ1v) is 5.77. The van der Waals surface area contributed by atoms with Gasteiger partial charge >= 0.3 is 5.97 Å². The summed E-state index contributed by atoms with van der Waals surface area (Å²) in [7, 11) is 0. The lowest BCUT2D eigenvalue weighted by Crippen LogP contribution is -2.15. The summed E-state index contributed by atoms with van der Waals surface area (Å²) in [4.78, 5) is 10.6. The fraction of sp³-hybridized carbons (Fsp3) is 0.308. The highest BCUT2D eigenvalue weighted by Crippen LogP contribution is 2.16. The standard InChI is InChI=1S/C13H15NO4/c1-9(4-5-10-3-2-8-17-10)14-12-7-6-11(18-12)13(15)16/h2-3,6-9,14H,4-5H2,1H3,(H,15,16). The number of aryl methyl sites for hydroxylation is 1. The van der Waals surface area contributed by atoms with Crippen LogP contribution in [0.2, 0.25) is 0 Å². The lowest BCUT2D eigenvalue weighted by molar-refractivity contribution is 0.0663. The Labute approximate surface area is 104 Å². The van der Waals surface area contributed by atoms with Gasteiger partial charge in [-0.2, -0.15) is 0 Å². The number of carbonyl (C=O) groups is 1. The second-order valence-electron chi connectivity index (χ2n) is 4.13. The van der Waals surface area contributed by atoms with Crippen molar-refractivity contribution in [3.63, 3.8) is 0 Å². The van der Waals surface area contributed by atoms with Crippen LogP contribution in [0, 0.1) is 0 Å². The van der Waals surface area contributed by atoms with Crippen LogP contribution in [0.1, 0.15) is 29.7 Å². The fourth-order valence-electron chi connectivity index (χ4n) is 1.66. The first-order chi connectivity index (χ1) is 8.65. The molecule has 0 fully saturated rings. The van der Waals surface area contributed by atoms with Crippen LogP contribution in [0.5, 0.6) is 0 Å². The van der Waals surface area contributed by atoms with Gasteiger partial charge in [-0.15, -0.1) is 0 Å². The van der Waals surface area contributed by atoms with Crippen LogP contribution in [0.3, 0.4) is 0 Å². The Balaban J connectivity index is 1.82. The van der Waals surface area contributed by atoms with Gasteiger partial charge in [0, 0.05) is 18.5 Å². The smallest absolute Gasteiger partial charge is 0.371 e. The van der Waals surface area contributed by atoms with Gasteiger partial charge in [-0.1, -0.05) is 0 Å². The Hall–Kier alpha value is -2.17. The third-order valence-electron chi connectivity index (χ3n) is 2.61. The van der Waals surface area contributed by atoms with Crippen molar-refractivity contribution in [1.82, 2.24) is 0 Å². The quantitative estimate of drug-likeness (QED) is 0.823. The number of nitrogens with one attached hydrogen (secondary N) is 1. The van der Waals surface area contributed by atoms with Crippen LogP contribution in [-0.2, 0) is 6.42 Å². The number of rotatable bonds is 6. The van der Waals surface area contributed by atoms with Gasteiger partial charge in [-0.3, -0.25) is 0 Å². The molecule has 0 aliphatic rings. The van der Waals surface area contributed by atoms with Gasteiger partial charge in [0.05, 0.1) is 6.26 Å². The molecule has 5 nitrogen and oxygen atoms in total. The second kappa shape index (κ2) is 5.44. The molecule has 2 N–H and O–H groups in total. The number of carboxylic acids is 1. The van der Waals surface area contributed by atoms with Gasteiger partial charge in [0.25, 0.3) is 0 Å². The van der Waals surface area contributed by atoms with Crippen molar-refractivity contribution in [3.05, 3.63) is 42.0 Å². The molecule has 0 bridgehead atoms. The van der Waals surface area contributed by atoms with Gasteiger partial charge in [0.15, 0.2) is 5.88 Å². The maximum absolute atomic E-state index is 10.6. The zero-order valence-electron chi connectivity index (χ0n) is 10.1. The number of carboxylic acid groups (broad SMARTS) is 1. The van der Waals surface area contributed by atoms with E-state index in [9.17, 15) is 4.79 Å². The van der Waals surface area contributed by atoms with Crippen molar-refractivity contribution in [3.8, 4) is 0 Å². The number of aromatic carboxylic acids is 1. The number of hydrogen-bond donors (Lipinski definition) is 2. The van der Waals surface area contributed by atoms with Crippen molar-refractivity contribution < 1.29 is 18.7 Å². The van der Waals surface area contributed by atoms with E-state index in [0.717, 1.165) is 18.6 Å². The molecule has 96 valence electrons. The minimum Gasteiger partial charge on any atom is -0.475 e. The molecular formula is C13H15NO4. The summed E-state index contributed by atoms with van der Waals surface area (Å²) in [5.41, 5.74) is 0. The predicted molar refractivity (Wildman–Crippen MR) is 65.8 cm³/mol. The van der Waals surface area contributed by atoms with E-state index >= 15 is 0 Å². The fourth-order valence-corrected chi connectivity index (χ4v) is 1.66. The van der Waals surface area contributed by atoms with E-state index in [-0.39, 0.29) is 11.8 Å². The van der Waals surface area contributed by atoms with Gasteiger partial charge in [-0.25, -0.2) is 4.79 Å². The Morgan fingerprint density at radius 3 is 2.89 bits per heavy atom. The summed E-state index contributed by atoms with van der Waals surface area (Å²) in [6, 6.07) is 7.01. The lowest BCUT2D eigenvalue weighted by atomic mass is 10.1. The maximum atomic E-state index is 10.6. The molecule has 5 heteroatoms. The predicted octanol–water partition coefficient (Wildman–Crippen LogP) is 3.00. The maximum Gasteiger partial charge on any atom is 0.371 e. The highest BCUT2D eigenvalue weighted by molar-refractivity contribution is 5.84. The second-order valence-corrected chi connectivity index (χ2v) is 4.13. The van der Waals surface area contributed by atoms with Crippen LogP contribution in [0.4, 0.5) is 5.88 Å². The van der Waals surface area contributed by atoms with Gasteiger partial charge in [0.1, 0.15) is 5.76 Å². The van der Waals surface area contributed by atoms with Crippen molar-refractivity contribution in [2.24, 2.45) is 0 Å². The SMILES string of the molecule is CC(CCc1ccco1)Nc1ccc(C(=O)O)o1. The van der Waals surface area contributed by atoms with E-state index in [4.69, 9.17) is 13.9 Å². The molecule has 1 atom stereocenters. The summed E-state index contributed by atoms with van der Waals surface area (Å²) in [6.45, 7) is 2.01. The monoisotopic (exact) mass is 249 g/mol. The van der Waals surface area contributed by atoms with Crippen LogP contribution in [0.15, 0.2) is 39.4 Å². The van der Waals surface area contributed by atoms with Crippen LogP contribution in [0.25, 0.3) is 0 Å². The molecule has 2 heterocycles. The van der Waals surface area contributed by atoms with Gasteiger partial charge < -0.3 is 19.3 Å². The van der Waals surface area contributed by atoms with E-state index in [2.05, 4.69) is 5.32 Å². The normalized spacial score (nSPS) is 12.3. The average Bonchev–Trinajstić information content (AvgIpc) is 2.96. The highest BCUT2D eigenvalue weighted by Gasteiger charge is 2.11. The van der Waals surface area contributed by atoms with Crippen molar-refractivity contribution in [1.29, 1.82) is 0 Å². The zero-order valence-corrected chi connectivity index (χ0v) is 10.1. The molecule has 0 saturated heterocycles. The molecule has 2 rings (SSSR count). The first-order valence-electron chi connectivity index (χ1n) is 5.77. The number of furan rings is 2. The molecule has 2 aromatic rings. The Morgan fingerprint density at radius 2 is 2.28 bits per heavy atom. The van der Waals surface area contributed by atoms with Crippen LogP contribution in [-0.4, -0.2) is 17.1 Å². The molecule has 0 radical (unpaired) electrons. The minimum atomic E-state index is -1.06. The zero-order chi connectivity index (χ0) is 13.0. The first kappa shape index (κ1) is 12.3. The van der Waals surface area contributed by atoms with Crippen molar-refractivity contribution in [2.75, 3.05) is 5.32 Å². The minimum absolute atomic E-state index is 0.0595. The Kier molecular flexibility index (Phi) is 3.72. The van der Waals surface area contributed by atoms with E-state index in [1.54, 1.807) is 12.3 Å². The molecule has 0 spiro atoms. The van der Waals surface area contributed by atoms with Crippen molar-refractivity contribution >= 4 is 11.9 Å². The molecule has 0 saturated carbocycles. The molecule has 0 amide bonds. The molecule has 0 aliphatic heterocycles. The Bertz CT molecular complexity index is 501. The van der Waals surface area contributed by atoms with E-state index in [0.29, 0.717) is 5.88 Å². The van der Waals surface area contributed by atoms with E-state index < -0.39 is 5.97 Å².